The smallest absolute Gasteiger partial charge is 0.0203 e. The summed E-state index contributed by atoms with van der Waals surface area (Å²) in [6.45, 7) is 13.4. The minimum absolute atomic E-state index is 0.530. The normalized spacial score (nSPS) is 34.7. The molecular formula is C12H22. The van der Waals surface area contributed by atoms with Crippen LogP contribution in [0.25, 0.3) is 0 Å². The van der Waals surface area contributed by atoms with E-state index < -0.39 is 0 Å². The van der Waals surface area contributed by atoms with Crippen LogP contribution in [0.4, 0.5) is 0 Å². The van der Waals surface area contributed by atoms with Gasteiger partial charge in [-0.15, -0.1) is 0 Å². The lowest BCUT2D eigenvalue weighted by Gasteiger charge is -2.41. The number of hydrogen-bond acceptors (Lipinski definition) is 0. The zero-order valence-corrected chi connectivity index (χ0v) is 8.98. The van der Waals surface area contributed by atoms with E-state index in [0.717, 1.165) is 11.8 Å². The zero-order chi connectivity index (χ0) is 9.35. The molecule has 70 valence electrons. The second-order valence-electron chi connectivity index (χ2n) is 5.21. The van der Waals surface area contributed by atoms with E-state index in [0.29, 0.717) is 5.41 Å². The van der Waals surface area contributed by atoms with Gasteiger partial charge in [0, 0.05) is 0 Å². The Morgan fingerprint density at radius 3 is 2.33 bits per heavy atom. The molecule has 1 aliphatic carbocycles. The van der Waals surface area contributed by atoms with Crippen LogP contribution in [0.3, 0.4) is 0 Å². The van der Waals surface area contributed by atoms with Crippen LogP contribution in [0.5, 0.6) is 0 Å². The van der Waals surface area contributed by atoms with Gasteiger partial charge in [0.25, 0.3) is 0 Å². The van der Waals surface area contributed by atoms with Gasteiger partial charge in [-0.25, -0.2) is 0 Å². The van der Waals surface area contributed by atoms with Crippen molar-refractivity contribution in [2.45, 2.75) is 47.0 Å². The van der Waals surface area contributed by atoms with Crippen molar-refractivity contribution < 1.29 is 0 Å². The quantitative estimate of drug-likeness (QED) is 0.516. The van der Waals surface area contributed by atoms with Crippen LogP contribution in [-0.4, -0.2) is 0 Å². The SMILES string of the molecule is C=C(C)C1CCC(C)C(C)(C)C1. The molecule has 0 spiro atoms. The first-order valence-corrected chi connectivity index (χ1v) is 5.09. The Labute approximate surface area is 77.1 Å². The second-order valence-corrected chi connectivity index (χ2v) is 5.21. The minimum atomic E-state index is 0.530. The summed E-state index contributed by atoms with van der Waals surface area (Å²) < 4.78 is 0. The molecule has 0 bridgehead atoms. The van der Waals surface area contributed by atoms with Crippen molar-refractivity contribution in [3.05, 3.63) is 12.2 Å². The van der Waals surface area contributed by atoms with Gasteiger partial charge >= 0.3 is 0 Å². The monoisotopic (exact) mass is 166 g/mol. The standard InChI is InChI=1S/C12H22/c1-9(2)11-7-6-10(3)12(4,5)8-11/h10-11H,1,6-8H2,2-5H3. The second kappa shape index (κ2) is 3.24. The Morgan fingerprint density at radius 2 is 1.92 bits per heavy atom. The molecule has 1 aliphatic rings. The van der Waals surface area contributed by atoms with Crippen LogP contribution in [0.15, 0.2) is 12.2 Å². The van der Waals surface area contributed by atoms with E-state index in [9.17, 15) is 0 Å². The van der Waals surface area contributed by atoms with Crippen molar-refractivity contribution in [3.8, 4) is 0 Å². The third-order valence-corrected chi connectivity index (χ3v) is 3.75. The third kappa shape index (κ3) is 1.91. The largest absolute Gasteiger partial charge is 0.0999 e. The first-order valence-electron chi connectivity index (χ1n) is 5.09. The van der Waals surface area contributed by atoms with Crippen LogP contribution >= 0.6 is 0 Å². The maximum atomic E-state index is 4.07. The van der Waals surface area contributed by atoms with Crippen molar-refractivity contribution in [3.63, 3.8) is 0 Å². The van der Waals surface area contributed by atoms with Crippen molar-refractivity contribution in [1.82, 2.24) is 0 Å². The minimum Gasteiger partial charge on any atom is -0.0999 e. The third-order valence-electron chi connectivity index (χ3n) is 3.75. The maximum absolute atomic E-state index is 4.07. The Balaban J connectivity index is 2.63. The highest BCUT2D eigenvalue weighted by Gasteiger charge is 2.33. The molecule has 0 aromatic carbocycles. The molecule has 0 aromatic rings. The van der Waals surface area contributed by atoms with E-state index in [1.165, 1.54) is 24.8 Å². The molecule has 0 heterocycles. The molecule has 0 aromatic heterocycles. The van der Waals surface area contributed by atoms with Crippen molar-refractivity contribution in [2.75, 3.05) is 0 Å². The zero-order valence-electron chi connectivity index (χ0n) is 8.98. The Hall–Kier alpha value is -0.260. The predicted molar refractivity (Wildman–Crippen MR) is 55.1 cm³/mol. The van der Waals surface area contributed by atoms with Gasteiger partial charge in [0.1, 0.15) is 0 Å². The Morgan fingerprint density at radius 1 is 1.33 bits per heavy atom. The fourth-order valence-corrected chi connectivity index (χ4v) is 2.20. The fraction of sp³-hybridized carbons (Fsp3) is 0.833. The lowest BCUT2D eigenvalue weighted by molar-refractivity contribution is 0.122. The highest BCUT2D eigenvalue weighted by Crippen LogP contribution is 2.44. The molecule has 1 rings (SSSR count). The molecule has 0 aliphatic heterocycles. The van der Waals surface area contributed by atoms with Gasteiger partial charge in [-0.1, -0.05) is 32.9 Å². The van der Waals surface area contributed by atoms with Gasteiger partial charge in [-0.05, 0) is 43.4 Å². The van der Waals surface area contributed by atoms with E-state index in [2.05, 4.69) is 34.3 Å². The molecule has 0 N–H and O–H groups in total. The average Bonchev–Trinajstić information content (AvgIpc) is 1.94. The fourth-order valence-electron chi connectivity index (χ4n) is 2.20. The summed E-state index contributed by atoms with van der Waals surface area (Å²) in [5, 5.41) is 0. The van der Waals surface area contributed by atoms with Crippen LogP contribution in [0, 0.1) is 17.3 Å². The summed E-state index contributed by atoms with van der Waals surface area (Å²) in [5.74, 6) is 1.67. The van der Waals surface area contributed by atoms with E-state index in [1.807, 2.05) is 0 Å². The summed E-state index contributed by atoms with van der Waals surface area (Å²) >= 11 is 0. The lowest BCUT2D eigenvalue weighted by Crippen LogP contribution is -2.30. The first-order chi connectivity index (χ1) is 5.43. The van der Waals surface area contributed by atoms with Gasteiger partial charge in [-0.2, -0.15) is 0 Å². The van der Waals surface area contributed by atoms with Crippen LogP contribution in [0.1, 0.15) is 47.0 Å². The molecule has 1 saturated carbocycles. The van der Waals surface area contributed by atoms with Gasteiger partial charge < -0.3 is 0 Å². The number of allylic oxidation sites excluding steroid dienone is 1. The molecule has 2 atom stereocenters. The van der Waals surface area contributed by atoms with Gasteiger partial charge in [0.05, 0.1) is 0 Å². The van der Waals surface area contributed by atoms with Crippen molar-refractivity contribution >= 4 is 0 Å². The van der Waals surface area contributed by atoms with E-state index in [1.54, 1.807) is 0 Å². The van der Waals surface area contributed by atoms with Gasteiger partial charge in [0.2, 0.25) is 0 Å². The topological polar surface area (TPSA) is 0 Å². The van der Waals surface area contributed by atoms with E-state index in [-0.39, 0.29) is 0 Å². The van der Waals surface area contributed by atoms with Gasteiger partial charge in [0.15, 0.2) is 0 Å². The summed E-state index contributed by atoms with van der Waals surface area (Å²) in [7, 11) is 0. The molecule has 0 heteroatoms. The maximum Gasteiger partial charge on any atom is -0.0203 e. The Bertz CT molecular complexity index is 176. The lowest BCUT2D eigenvalue weighted by atomic mass is 9.64. The molecule has 0 amide bonds. The summed E-state index contributed by atoms with van der Waals surface area (Å²) in [6, 6.07) is 0. The van der Waals surface area contributed by atoms with E-state index >= 15 is 0 Å². The highest BCUT2D eigenvalue weighted by molar-refractivity contribution is 5.01. The highest BCUT2D eigenvalue weighted by atomic mass is 14.4. The summed E-state index contributed by atoms with van der Waals surface area (Å²) in [5.41, 5.74) is 1.91. The molecule has 0 radical (unpaired) electrons. The molecule has 1 fully saturated rings. The van der Waals surface area contributed by atoms with E-state index in [4.69, 9.17) is 0 Å². The van der Waals surface area contributed by atoms with Crippen molar-refractivity contribution in [2.24, 2.45) is 17.3 Å². The molecule has 0 saturated heterocycles. The molecule has 2 unspecified atom stereocenters. The van der Waals surface area contributed by atoms with Crippen LogP contribution in [0.2, 0.25) is 0 Å². The van der Waals surface area contributed by atoms with Crippen LogP contribution in [-0.2, 0) is 0 Å². The summed E-state index contributed by atoms with van der Waals surface area (Å²) in [4.78, 5) is 0. The Kier molecular flexibility index (Phi) is 2.65. The average molecular weight is 166 g/mol. The predicted octanol–water partition coefficient (Wildman–Crippen LogP) is 4.02. The summed E-state index contributed by atoms with van der Waals surface area (Å²) in [6.07, 6.45) is 4.08. The molecular weight excluding hydrogens is 144 g/mol. The molecule has 12 heavy (non-hydrogen) atoms. The van der Waals surface area contributed by atoms with Crippen LogP contribution < -0.4 is 0 Å². The number of rotatable bonds is 1. The van der Waals surface area contributed by atoms with Gasteiger partial charge in [-0.3, -0.25) is 0 Å². The first kappa shape index (κ1) is 9.83. The van der Waals surface area contributed by atoms with Crippen molar-refractivity contribution in [1.29, 1.82) is 0 Å². The number of hydrogen-bond donors (Lipinski definition) is 0. The molecule has 0 nitrogen and oxygen atoms in total.